The number of hydrogen-bond donors (Lipinski definition) is 1. The maximum Gasteiger partial charge on any atom is 0.245 e. The van der Waals surface area contributed by atoms with Crippen molar-refractivity contribution in [2.45, 2.75) is 57.9 Å². The fourth-order valence-electron chi connectivity index (χ4n) is 3.36. The molecule has 1 saturated carbocycles. The Hall–Kier alpha value is -1.10. The van der Waals surface area contributed by atoms with E-state index in [1.807, 2.05) is 11.8 Å². The summed E-state index contributed by atoms with van der Waals surface area (Å²) in [6.07, 6.45) is 6.98. The van der Waals surface area contributed by atoms with Crippen molar-refractivity contribution in [2.24, 2.45) is 5.92 Å². The number of hydrogen-bond acceptors (Lipinski definition) is 3. The zero-order chi connectivity index (χ0) is 15.1. The molecule has 0 aromatic rings. The molecule has 5 heteroatoms. The van der Waals surface area contributed by atoms with Crippen LogP contribution in [0.3, 0.4) is 0 Å². The third kappa shape index (κ3) is 4.70. The van der Waals surface area contributed by atoms with E-state index in [0.717, 1.165) is 19.3 Å². The van der Waals surface area contributed by atoms with Gasteiger partial charge in [0.25, 0.3) is 0 Å². The molecule has 120 valence electrons. The van der Waals surface area contributed by atoms with E-state index in [1.165, 1.54) is 19.3 Å². The van der Waals surface area contributed by atoms with Gasteiger partial charge in [0.05, 0.1) is 0 Å². The number of rotatable bonds is 6. The van der Waals surface area contributed by atoms with Crippen molar-refractivity contribution in [1.29, 1.82) is 0 Å². The number of amides is 2. The van der Waals surface area contributed by atoms with E-state index in [9.17, 15) is 9.59 Å². The highest BCUT2D eigenvalue weighted by Gasteiger charge is 2.35. The second-order valence-electron chi connectivity index (χ2n) is 6.07. The summed E-state index contributed by atoms with van der Waals surface area (Å²) in [6.45, 7) is 4.59. The summed E-state index contributed by atoms with van der Waals surface area (Å²) < 4.78 is 5.33. The first-order chi connectivity index (χ1) is 10.2. The lowest BCUT2D eigenvalue weighted by Crippen LogP contribution is -2.49. The third-order valence-corrected chi connectivity index (χ3v) is 4.55. The van der Waals surface area contributed by atoms with Gasteiger partial charge in [-0.25, -0.2) is 0 Å². The zero-order valence-electron chi connectivity index (χ0n) is 13.1. The van der Waals surface area contributed by atoms with E-state index in [0.29, 0.717) is 38.6 Å². The molecule has 0 aromatic carbocycles. The van der Waals surface area contributed by atoms with Crippen molar-refractivity contribution in [3.05, 3.63) is 0 Å². The zero-order valence-corrected chi connectivity index (χ0v) is 13.1. The van der Waals surface area contributed by atoms with Crippen LogP contribution in [0.2, 0.25) is 0 Å². The Morgan fingerprint density at radius 3 is 2.71 bits per heavy atom. The van der Waals surface area contributed by atoms with Gasteiger partial charge < -0.3 is 15.0 Å². The molecule has 1 aliphatic carbocycles. The minimum Gasteiger partial charge on any atom is -0.382 e. The Balaban J connectivity index is 1.94. The van der Waals surface area contributed by atoms with E-state index in [2.05, 4.69) is 5.32 Å². The van der Waals surface area contributed by atoms with Crippen LogP contribution in [0.15, 0.2) is 0 Å². The molecule has 21 heavy (non-hydrogen) atoms. The van der Waals surface area contributed by atoms with Crippen LogP contribution in [0.4, 0.5) is 0 Å². The van der Waals surface area contributed by atoms with Crippen molar-refractivity contribution < 1.29 is 14.3 Å². The standard InChI is InChI=1S/C16H28N2O3/c1-2-21-12-6-10-18-11-9-14(19)17-15(16(18)20)13-7-4-3-5-8-13/h13,15H,2-12H2,1H3,(H,17,19). The molecule has 0 spiro atoms. The summed E-state index contributed by atoms with van der Waals surface area (Å²) in [6, 6.07) is -0.299. The lowest BCUT2D eigenvalue weighted by atomic mass is 9.83. The fourth-order valence-corrected chi connectivity index (χ4v) is 3.36. The number of ether oxygens (including phenoxy) is 1. The average Bonchev–Trinajstić information content (AvgIpc) is 2.65. The molecule has 2 aliphatic rings. The Bertz CT molecular complexity index is 353. The topological polar surface area (TPSA) is 58.6 Å². The Kier molecular flexibility index (Phi) is 6.49. The molecule has 2 amide bonds. The van der Waals surface area contributed by atoms with Crippen molar-refractivity contribution in [1.82, 2.24) is 10.2 Å². The molecule has 1 saturated heterocycles. The maximum atomic E-state index is 12.7. The average molecular weight is 296 g/mol. The monoisotopic (exact) mass is 296 g/mol. The molecular formula is C16H28N2O3. The molecule has 1 unspecified atom stereocenters. The molecule has 0 aromatic heterocycles. The van der Waals surface area contributed by atoms with Crippen LogP contribution in [-0.4, -0.2) is 49.1 Å². The van der Waals surface area contributed by atoms with Gasteiger partial charge in [0.2, 0.25) is 11.8 Å². The van der Waals surface area contributed by atoms with Crippen LogP contribution in [0, 0.1) is 5.92 Å². The Labute approximate surface area is 127 Å². The molecule has 2 rings (SSSR count). The highest BCUT2D eigenvalue weighted by Crippen LogP contribution is 2.28. The predicted molar refractivity (Wildman–Crippen MR) is 80.8 cm³/mol. The van der Waals surface area contributed by atoms with Crippen LogP contribution in [0.1, 0.15) is 51.9 Å². The van der Waals surface area contributed by atoms with Crippen LogP contribution in [-0.2, 0) is 14.3 Å². The first kappa shape index (κ1) is 16.3. The first-order valence-electron chi connectivity index (χ1n) is 8.38. The van der Waals surface area contributed by atoms with Crippen LogP contribution in [0.5, 0.6) is 0 Å². The summed E-state index contributed by atoms with van der Waals surface area (Å²) >= 11 is 0. The highest BCUT2D eigenvalue weighted by atomic mass is 16.5. The highest BCUT2D eigenvalue weighted by molar-refractivity contribution is 5.90. The molecule has 1 atom stereocenters. The summed E-state index contributed by atoms with van der Waals surface area (Å²) in [5.41, 5.74) is 0. The van der Waals surface area contributed by atoms with Crippen molar-refractivity contribution in [3.63, 3.8) is 0 Å². The van der Waals surface area contributed by atoms with Gasteiger partial charge in [-0.15, -0.1) is 0 Å². The van der Waals surface area contributed by atoms with Crippen molar-refractivity contribution >= 4 is 11.8 Å². The molecule has 2 fully saturated rings. The molecule has 5 nitrogen and oxygen atoms in total. The predicted octanol–water partition coefficient (Wildman–Crippen LogP) is 1.71. The molecule has 0 radical (unpaired) electrons. The van der Waals surface area contributed by atoms with E-state index in [1.54, 1.807) is 0 Å². The molecule has 1 N–H and O–H groups in total. The fraction of sp³-hybridized carbons (Fsp3) is 0.875. The first-order valence-corrected chi connectivity index (χ1v) is 8.38. The van der Waals surface area contributed by atoms with Crippen molar-refractivity contribution in [3.8, 4) is 0 Å². The SMILES string of the molecule is CCOCCCN1CCC(=O)NC(C2CCCCC2)C1=O. The van der Waals surface area contributed by atoms with Gasteiger partial charge in [0.1, 0.15) is 6.04 Å². The Morgan fingerprint density at radius 2 is 2.00 bits per heavy atom. The van der Waals surface area contributed by atoms with Crippen molar-refractivity contribution in [2.75, 3.05) is 26.3 Å². The lowest BCUT2D eigenvalue weighted by molar-refractivity contribution is -0.135. The van der Waals surface area contributed by atoms with Gasteiger partial charge >= 0.3 is 0 Å². The third-order valence-electron chi connectivity index (χ3n) is 4.55. The molecular weight excluding hydrogens is 268 g/mol. The minimum atomic E-state index is -0.299. The van der Waals surface area contributed by atoms with Crippen LogP contribution >= 0.6 is 0 Å². The number of nitrogens with one attached hydrogen (secondary N) is 1. The maximum absolute atomic E-state index is 12.7. The largest absolute Gasteiger partial charge is 0.382 e. The lowest BCUT2D eigenvalue weighted by Gasteiger charge is -2.31. The number of carbonyl (C=O) groups is 2. The van der Waals surface area contributed by atoms with E-state index >= 15 is 0 Å². The molecule has 1 aliphatic heterocycles. The summed E-state index contributed by atoms with van der Waals surface area (Å²) in [5.74, 6) is 0.457. The quantitative estimate of drug-likeness (QED) is 0.759. The minimum absolute atomic E-state index is 0.0197. The van der Waals surface area contributed by atoms with Crippen LogP contribution < -0.4 is 5.32 Å². The van der Waals surface area contributed by atoms with E-state index < -0.39 is 0 Å². The number of nitrogens with zero attached hydrogens (tertiary/aromatic N) is 1. The molecule has 0 bridgehead atoms. The van der Waals surface area contributed by atoms with Gasteiger partial charge in [0, 0.05) is 32.7 Å². The van der Waals surface area contributed by atoms with Crippen LogP contribution in [0.25, 0.3) is 0 Å². The Morgan fingerprint density at radius 1 is 1.24 bits per heavy atom. The molecule has 1 heterocycles. The second-order valence-corrected chi connectivity index (χ2v) is 6.07. The second kappa shape index (κ2) is 8.37. The smallest absolute Gasteiger partial charge is 0.245 e. The summed E-state index contributed by atoms with van der Waals surface area (Å²) in [4.78, 5) is 26.5. The van der Waals surface area contributed by atoms with Gasteiger partial charge in [-0.2, -0.15) is 0 Å². The number of carbonyl (C=O) groups excluding carboxylic acids is 2. The normalized spacial score (nSPS) is 24.8. The van der Waals surface area contributed by atoms with E-state index in [-0.39, 0.29) is 17.9 Å². The van der Waals surface area contributed by atoms with E-state index in [4.69, 9.17) is 4.74 Å². The summed E-state index contributed by atoms with van der Waals surface area (Å²) in [5, 5.41) is 2.97. The summed E-state index contributed by atoms with van der Waals surface area (Å²) in [7, 11) is 0. The van der Waals surface area contributed by atoms with Gasteiger partial charge in [0.15, 0.2) is 0 Å². The van der Waals surface area contributed by atoms with Gasteiger partial charge in [-0.3, -0.25) is 9.59 Å². The van der Waals surface area contributed by atoms with Gasteiger partial charge in [-0.05, 0) is 32.1 Å². The van der Waals surface area contributed by atoms with Gasteiger partial charge in [-0.1, -0.05) is 19.3 Å².